The van der Waals surface area contributed by atoms with Crippen LogP contribution in [0.1, 0.15) is 25.2 Å². The Bertz CT molecular complexity index is 550. The van der Waals surface area contributed by atoms with E-state index in [1.54, 1.807) is 7.11 Å². The first-order valence-electron chi connectivity index (χ1n) is 6.49. The zero-order chi connectivity index (χ0) is 13.2. The lowest BCUT2D eigenvalue weighted by molar-refractivity contribution is 0.345. The fourth-order valence-electron chi connectivity index (χ4n) is 2.44. The maximum absolute atomic E-state index is 5.40. The molecule has 0 aliphatic carbocycles. The maximum atomic E-state index is 5.40. The Hall–Kier alpha value is -1.88. The molecule has 0 bridgehead atoms. The SMILES string of the molecule is COc1ccc(-c2noc(C3CCNC3C)n2)cc1. The fourth-order valence-corrected chi connectivity index (χ4v) is 2.44. The van der Waals surface area contributed by atoms with E-state index in [-0.39, 0.29) is 0 Å². The number of hydrogen-bond donors (Lipinski definition) is 1. The number of methoxy groups -OCH3 is 1. The van der Waals surface area contributed by atoms with Crippen LogP contribution in [0.15, 0.2) is 28.8 Å². The van der Waals surface area contributed by atoms with E-state index < -0.39 is 0 Å². The highest BCUT2D eigenvalue weighted by Gasteiger charge is 2.29. The zero-order valence-electron chi connectivity index (χ0n) is 11.1. The molecule has 1 aromatic heterocycles. The van der Waals surface area contributed by atoms with Gasteiger partial charge in [-0.2, -0.15) is 4.98 Å². The number of ether oxygens (including phenoxy) is 1. The molecule has 1 aliphatic rings. The normalized spacial score (nSPS) is 22.6. The second-order valence-electron chi connectivity index (χ2n) is 4.82. The van der Waals surface area contributed by atoms with Crippen molar-refractivity contribution in [3.8, 4) is 17.1 Å². The Kier molecular flexibility index (Phi) is 3.21. The topological polar surface area (TPSA) is 60.2 Å². The third-order valence-electron chi connectivity index (χ3n) is 3.63. The highest BCUT2D eigenvalue weighted by molar-refractivity contribution is 5.55. The summed E-state index contributed by atoms with van der Waals surface area (Å²) in [4.78, 5) is 4.51. The molecule has 0 amide bonds. The molecule has 1 aliphatic heterocycles. The van der Waals surface area contributed by atoms with Gasteiger partial charge in [0.2, 0.25) is 11.7 Å². The minimum atomic E-state index is 0.319. The number of nitrogens with zero attached hydrogens (tertiary/aromatic N) is 2. The zero-order valence-corrected chi connectivity index (χ0v) is 11.1. The van der Waals surface area contributed by atoms with E-state index in [2.05, 4.69) is 22.4 Å². The summed E-state index contributed by atoms with van der Waals surface area (Å²) in [5.41, 5.74) is 0.939. The first kappa shape index (κ1) is 12.2. The van der Waals surface area contributed by atoms with Crippen molar-refractivity contribution < 1.29 is 9.26 Å². The molecule has 5 heteroatoms. The van der Waals surface area contributed by atoms with Crippen molar-refractivity contribution in [2.75, 3.05) is 13.7 Å². The van der Waals surface area contributed by atoms with E-state index in [1.165, 1.54) is 0 Å². The molecule has 3 rings (SSSR count). The quantitative estimate of drug-likeness (QED) is 0.915. The Morgan fingerprint density at radius 2 is 2.11 bits per heavy atom. The molecule has 100 valence electrons. The Labute approximate surface area is 112 Å². The summed E-state index contributed by atoms with van der Waals surface area (Å²) < 4.78 is 10.5. The third kappa shape index (κ3) is 2.33. The summed E-state index contributed by atoms with van der Waals surface area (Å²) in [7, 11) is 1.65. The number of aromatic nitrogens is 2. The largest absolute Gasteiger partial charge is 0.497 e. The smallest absolute Gasteiger partial charge is 0.231 e. The van der Waals surface area contributed by atoms with Crippen LogP contribution in [0.25, 0.3) is 11.4 Å². The Balaban J connectivity index is 1.83. The molecule has 5 nitrogen and oxygen atoms in total. The fraction of sp³-hybridized carbons (Fsp3) is 0.429. The lowest BCUT2D eigenvalue weighted by Crippen LogP contribution is -2.21. The first-order chi connectivity index (χ1) is 9.28. The minimum absolute atomic E-state index is 0.319. The summed E-state index contributed by atoms with van der Waals surface area (Å²) in [6.07, 6.45) is 1.05. The van der Waals surface area contributed by atoms with Crippen LogP contribution in [0.3, 0.4) is 0 Å². The molecule has 2 unspecified atom stereocenters. The van der Waals surface area contributed by atoms with Crippen molar-refractivity contribution in [2.24, 2.45) is 0 Å². The van der Waals surface area contributed by atoms with E-state index in [4.69, 9.17) is 9.26 Å². The van der Waals surface area contributed by atoms with Crippen LogP contribution in [-0.2, 0) is 0 Å². The second kappa shape index (κ2) is 5.01. The van der Waals surface area contributed by atoms with E-state index in [9.17, 15) is 0 Å². The van der Waals surface area contributed by atoms with Gasteiger partial charge in [-0.05, 0) is 44.2 Å². The third-order valence-corrected chi connectivity index (χ3v) is 3.63. The van der Waals surface area contributed by atoms with Gasteiger partial charge < -0.3 is 14.6 Å². The molecule has 1 fully saturated rings. The van der Waals surface area contributed by atoms with Gasteiger partial charge in [0.25, 0.3) is 0 Å². The molecule has 1 aromatic carbocycles. The van der Waals surface area contributed by atoms with E-state index in [0.29, 0.717) is 17.8 Å². The highest BCUT2D eigenvalue weighted by Crippen LogP contribution is 2.28. The van der Waals surface area contributed by atoms with Crippen LogP contribution in [0.4, 0.5) is 0 Å². The molecular weight excluding hydrogens is 242 g/mol. The molecule has 0 spiro atoms. The molecule has 1 saturated heterocycles. The molecular formula is C14H17N3O2. The Morgan fingerprint density at radius 1 is 1.32 bits per heavy atom. The van der Waals surface area contributed by atoms with Crippen molar-refractivity contribution in [3.63, 3.8) is 0 Å². The van der Waals surface area contributed by atoms with Crippen molar-refractivity contribution in [2.45, 2.75) is 25.3 Å². The average molecular weight is 259 g/mol. The summed E-state index contributed by atoms with van der Waals surface area (Å²) in [6, 6.07) is 8.05. The average Bonchev–Trinajstić information content (AvgIpc) is 3.07. The van der Waals surface area contributed by atoms with Gasteiger partial charge in [0.1, 0.15) is 5.75 Å². The summed E-state index contributed by atoms with van der Waals surface area (Å²) in [6.45, 7) is 3.15. The van der Waals surface area contributed by atoms with Crippen LogP contribution in [0.5, 0.6) is 5.75 Å². The molecule has 2 heterocycles. The number of rotatable bonds is 3. The first-order valence-corrected chi connectivity index (χ1v) is 6.49. The van der Waals surface area contributed by atoms with Crippen molar-refractivity contribution in [1.82, 2.24) is 15.5 Å². The summed E-state index contributed by atoms with van der Waals surface area (Å²) in [5.74, 6) is 2.50. The van der Waals surface area contributed by atoms with Crippen molar-refractivity contribution in [3.05, 3.63) is 30.2 Å². The lowest BCUT2D eigenvalue weighted by atomic mass is 10.0. The van der Waals surface area contributed by atoms with Crippen LogP contribution < -0.4 is 10.1 Å². The van der Waals surface area contributed by atoms with Gasteiger partial charge in [0, 0.05) is 11.6 Å². The van der Waals surface area contributed by atoms with Gasteiger partial charge in [0.05, 0.1) is 13.0 Å². The van der Waals surface area contributed by atoms with Crippen molar-refractivity contribution in [1.29, 1.82) is 0 Å². The number of benzene rings is 1. The van der Waals surface area contributed by atoms with E-state index in [0.717, 1.165) is 30.2 Å². The highest BCUT2D eigenvalue weighted by atomic mass is 16.5. The summed E-state index contributed by atoms with van der Waals surface area (Å²) >= 11 is 0. The molecule has 0 saturated carbocycles. The van der Waals surface area contributed by atoms with E-state index in [1.807, 2.05) is 24.3 Å². The molecule has 2 aromatic rings. The molecule has 19 heavy (non-hydrogen) atoms. The van der Waals surface area contributed by atoms with Gasteiger partial charge in [0.15, 0.2) is 0 Å². The monoisotopic (exact) mass is 259 g/mol. The Morgan fingerprint density at radius 3 is 2.74 bits per heavy atom. The van der Waals surface area contributed by atoms with Crippen LogP contribution >= 0.6 is 0 Å². The number of hydrogen-bond acceptors (Lipinski definition) is 5. The lowest BCUT2D eigenvalue weighted by Gasteiger charge is -2.08. The predicted molar refractivity (Wildman–Crippen MR) is 71.1 cm³/mol. The van der Waals surface area contributed by atoms with Gasteiger partial charge in [-0.15, -0.1) is 0 Å². The van der Waals surface area contributed by atoms with Crippen LogP contribution in [-0.4, -0.2) is 29.8 Å². The van der Waals surface area contributed by atoms with Crippen LogP contribution in [0.2, 0.25) is 0 Å². The summed E-state index contributed by atoms with van der Waals surface area (Å²) in [5, 5.41) is 7.45. The van der Waals surface area contributed by atoms with Crippen molar-refractivity contribution >= 4 is 0 Å². The van der Waals surface area contributed by atoms with Gasteiger partial charge >= 0.3 is 0 Å². The van der Waals surface area contributed by atoms with Crippen LogP contribution in [0, 0.1) is 0 Å². The standard InChI is InChI=1S/C14H17N3O2/c1-9-12(7-8-15-9)14-16-13(17-19-14)10-3-5-11(18-2)6-4-10/h3-6,9,12,15H,7-8H2,1-2H3. The maximum Gasteiger partial charge on any atom is 0.231 e. The number of nitrogens with one attached hydrogen (secondary N) is 1. The van der Waals surface area contributed by atoms with Gasteiger partial charge in [-0.25, -0.2) is 0 Å². The van der Waals surface area contributed by atoms with Gasteiger partial charge in [-0.1, -0.05) is 5.16 Å². The predicted octanol–water partition coefficient (Wildman–Crippen LogP) is 2.21. The molecule has 1 N–H and O–H groups in total. The molecule has 2 atom stereocenters. The molecule has 0 radical (unpaired) electrons. The minimum Gasteiger partial charge on any atom is -0.497 e. The second-order valence-corrected chi connectivity index (χ2v) is 4.82. The van der Waals surface area contributed by atoms with E-state index >= 15 is 0 Å². The van der Waals surface area contributed by atoms with Gasteiger partial charge in [-0.3, -0.25) is 0 Å².